The summed E-state index contributed by atoms with van der Waals surface area (Å²) in [6, 6.07) is 12.7. The minimum Gasteiger partial charge on any atom is -0.494 e. The molecule has 2 aromatic carbocycles. The van der Waals surface area contributed by atoms with Crippen molar-refractivity contribution < 1.29 is 4.74 Å². The molecule has 1 N–H and O–H groups in total. The monoisotopic (exact) mass is 283 g/mol. The molecule has 0 bridgehead atoms. The number of benzene rings is 2. The molecule has 2 heteroatoms. The lowest BCUT2D eigenvalue weighted by Crippen LogP contribution is -2.04. The van der Waals surface area contributed by atoms with E-state index in [1.807, 2.05) is 12.1 Å². The Balaban J connectivity index is 2.06. The van der Waals surface area contributed by atoms with E-state index in [-0.39, 0.29) is 0 Å². The number of ether oxygens (including phenoxy) is 1. The highest BCUT2D eigenvalue weighted by Gasteiger charge is 2.04. The van der Waals surface area contributed by atoms with E-state index in [1.54, 1.807) is 0 Å². The zero-order valence-corrected chi connectivity index (χ0v) is 13.5. The van der Waals surface area contributed by atoms with Gasteiger partial charge in [-0.1, -0.05) is 30.7 Å². The van der Waals surface area contributed by atoms with Crippen LogP contribution in [-0.4, -0.2) is 6.61 Å². The molecule has 0 unspecified atom stereocenters. The largest absolute Gasteiger partial charge is 0.494 e. The molecule has 0 saturated heterocycles. The van der Waals surface area contributed by atoms with Crippen molar-refractivity contribution in [3.8, 4) is 5.75 Å². The second-order valence-corrected chi connectivity index (χ2v) is 5.61. The Labute approximate surface area is 128 Å². The highest BCUT2D eigenvalue weighted by molar-refractivity contribution is 5.49. The fraction of sp³-hybridized carbons (Fsp3) is 0.368. The van der Waals surface area contributed by atoms with Gasteiger partial charge in [0.25, 0.3) is 0 Å². The van der Waals surface area contributed by atoms with Crippen LogP contribution in [0.15, 0.2) is 36.4 Å². The maximum Gasteiger partial charge on any atom is 0.121 e. The van der Waals surface area contributed by atoms with Crippen molar-refractivity contribution in [3.63, 3.8) is 0 Å². The van der Waals surface area contributed by atoms with Crippen molar-refractivity contribution in [3.05, 3.63) is 58.7 Å². The van der Waals surface area contributed by atoms with Crippen LogP contribution >= 0.6 is 0 Å². The van der Waals surface area contributed by atoms with Gasteiger partial charge in [-0.25, -0.2) is 0 Å². The van der Waals surface area contributed by atoms with Gasteiger partial charge in [0.2, 0.25) is 0 Å². The Hall–Kier alpha value is -1.96. The number of nitrogens with one attached hydrogen (secondary N) is 1. The summed E-state index contributed by atoms with van der Waals surface area (Å²) in [6.45, 7) is 10.2. The van der Waals surface area contributed by atoms with Crippen LogP contribution in [0.1, 0.15) is 35.6 Å². The highest BCUT2D eigenvalue weighted by atomic mass is 16.5. The average Bonchev–Trinajstić information content (AvgIpc) is 2.44. The normalized spacial score (nSPS) is 10.5. The molecule has 0 saturated carbocycles. The highest BCUT2D eigenvalue weighted by Crippen LogP contribution is 2.21. The van der Waals surface area contributed by atoms with Gasteiger partial charge in [0, 0.05) is 18.3 Å². The maximum atomic E-state index is 5.67. The van der Waals surface area contributed by atoms with Crippen LogP contribution in [0, 0.1) is 20.8 Å². The van der Waals surface area contributed by atoms with Gasteiger partial charge in [0.05, 0.1) is 6.61 Å². The summed E-state index contributed by atoms with van der Waals surface area (Å²) in [5, 5.41) is 3.50. The van der Waals surface area contributed by atoms with Crippen molar-refractivity contribution in [1.82, 2.24) is 0 Å². The van der Waals surface area contributed by atoms with E-state index in [9.17, 15) is 0 Å². The molecule has 0 atom stereocenters. The minimum absolute atomic E-state index is 0.764. The Morgan fingerprint density at radius 3 is 2.38 bits per heavy atom. The molecule has 0 aliphatic carbocycles. The van der Waals surface area contributed by atoms with E-state index in [4.69, 9.17) is 4.74 Å². The van der Waals surface area contributed by atoms with Gasteiger partial charge >= 0.3 is 0 Å². The van der Waals surface area contributed by atoms with Gasteiger partial charge in [-0.3, -0.25) is 0 Å². The fourth-order valence-corrected chi connectivity index (χ4v) is 2.59. The van der Waals surface area contributed by atoms with E-state index in [0.29, 0.717) is 0 Å². The summed E-state index contributed by atoms with van der Waals surface area (Å²) in [5.41, 5.74) is 6.49. The van der Waals surface area contributed by atoms with Crippen molar-refractivity contribution >= 4 is 5.69 Å². The Bertz CT molecular complexity index is 581. The SMILES string of the molecule is CCCOc1cccc(NCc2c(C)cc(C)cc2C)c1. The van der Waals surface area contributed by atoms with Gasteiger partial charge in [-0.2, -0.15) is 0 Å². The Morgan fingerprint density at radius 2 is 1.71 bits per heavy atom. The van der Waals surface area contributed by atoms with Crippen LogP contribution in [-0.2, 0) is 6.54 Å². The minimum atomic E-state index is 0.764. The molecule has 2 aromatic rings. The molecule has 21 heavy (non-hydrogen) atoms. The molecule has 0 fully saturated rings. The molecule has 0 aromatic heterocycles. The molecule has 2 rings (SSSR count). The van der Waals surface area contributed by atoms with Gasteiger partial charge < -0.3 is 10.1 Å². The molecule has 0 aliphatic heterocycles. The topological polar surface area (TPSA) is 21.3 Å². The van der Waals surface area contributed by atoms with Crippen molar-refractivity contribution in [2.45, 2.75) is 40.7 Å². The molecule has 0 amide bonds. The summed E-state index contributed by atoms with van der Waals surface area (Å²) in [6.07, 6.45) is 1.03. The fourth-order valence-electron chi connectivity index (χ4n) is 2.59. The van der Waals surface area contributed by atoms with Gasteiger partial charge in [0.1, 0.15) is 5.75 Å². The Morgan fingerprint density at radius 1 is 1.00 bits per heavy atom. The van der Waals surface area contributed by atoms with Crippen LogP contribution in [0.2, 0.25) is 0 Å². The summed E-state index contributed by atoms with van der Waals surface area (Å²) >= 11 is 0. The molecular weight excluding hydrogens is 258 g/mol. The van der Waals surface area contributed by atoms with Crippen molar-refractivity contribution in [2.75, 3.05) is 11.9 Å². The number of hydrogen-bond acceptors (Lipinski definition) is 2. The predicted molar refractivity (Wildman–Crippen MR) is 90.2 cm³/mol. The van der Waals surface area contributed by atoms with Crippen molar-refractivity contribution in [1.29, 1.82) is 0 Å². The van der Waals surface area contributed by atoms with Crippen LogP contribution in [0.5, 0.6) is 5.75 Å². The molecule has 112 valence electrons. The quantitative estimate of drug-likeness (QED) is 0.804. The second-order valence-electron chi connectivity index (χ2n) is 5.61. The van der Waals surface area contributed by atoms with Gasteiger partial charge in [-0.05, 0) is 56.0 Å². The average molecular weight is 283 g/mol. The van der Waals surface area contributed by atoms with Crippen LogP contribution in [0.4, 0.5) is 5.69 Å². The Kier molecular flexibility index (Phi) is 5.26. The number of anilines is 1. The summed E-state index contributed by atoms with van der Waals surface area (Å²) in [5.74, 6) is 0.930. The zero-order chi connectivity index (χ0) is 15.2. The molecule has 0 heterocycles. The molecule has 0 aliphatic rings. The van der Waals surface area contributed by atoms with Crippen LogP contribution < -0.4 is 10.1 Å². The molecular formula is C19H25NO. The first-order valence-electron chi connectivity index (χ1n) is 7.63. The zero-order valence-electron chi connectivity index (χ0n) is 13.5. The number of aryl methyl sites for hydroxylation is 3. The summed E-state index contributed by atoms with van der Waals surface area (Å²) in [7, 11) is 0. The van der Waals surface area contributed by atoms with Crippen molar-refractivity contribution in [2.24, 2.45) is 0 Å². The summed E-state index contributed by atoms with van der Waals surface area (Å²) in [4.78, 5) is 0. The van der Waals surface area contributed by atoms with Crippen LogP contribution in [0.3, 0.4) is 0 Å². The predicted octanol–water partition coefficient (Wildman–Crippen LogP) is 5.01. The van der Waals surface area contributed by atoms with E-state index >= 15 is 0 Å². The standard InChI is InChI=1S/C19H25NO/c1-5-9-21-18-8-6-7-17(12-18)20-13-19-15(3)10-14(2)11-16(19)4/h6-8,10-12,20H,5,9,13H2,1-4H3. The van der Waals surface area contributed by atoms with E-state index in [0.717, 1.165) is 31.0 Å². The molecule has 2 nitrogen and oxygen atoms in total. The smallest absolute Gasteiger partial charge is 0.121 e. The first kappa shape index (κ1) is 15.4. The number of hydrogen-bond donors (Lipinski definition) is 1. The lowest BCUT2D eigenvalue weighted by Gasteiger charge is -2.14. The molecule has 0 spiro atoms. The third-order valence-corrected chi connectivity index (χ3v) is 3.62. The first-order chi connectivity index (χ1) is 10.1. The van der Waals surface area contributed by atoms with Gasteiger partial charge in [0.15, 0.2) is 0 Å². The van der Waals surface area contributed by atoms with E-state index < -0.39 is 0 Å². The van der Waals surface area contributed by atoms with Crippen LogP contribution in [0.25, 0.3) is 0 Å². The molecule has 0 radical (unpaired) electrons. The van der Waals surface area contributed by atoms with E-state index in [1.165, 1.54) is 22.3 Å². The third kappa shape index (κ3) is 4.25. The third-order valence-electron chi connectivity index (χ3n) is 3.62. The maximum absolute atomic E-state index is 5.67. The second kappa shape index (κ2) is 7.16. The lowest BCUT2D eigenvalue weighted by molar-refractivity contribution is 0.317. The van der Waals surface area contributed by atoms with E-state index in [2.05, 4.69) is 57.3 Å². The first-order valence-corrected chi connectivity index (χ1v) is 7.63. The van der Waals surface area contributed by atoms with Gasteiger partial charge in [-0.15, -0.1) is 0 Å². The lowest BCUT2D eigenvalue weighted by atomic mass is 10.00. The number of rotatable bonds is 6. The summed E-state index contributed by atoms with van der Waals surface area (Å²) < 4.78 is 5.67.